The molecule has 11 heteroatoms. The lowest BCUT2D eigenvalue weighted by Gasteiger charge is -2.27. The van der Waals surface area contributed by atoms with E-state index in [4.69, 9.17) is 9.47 Å². The highest BCUT2D eigenvalue weighted by Crippen LogP contribution is 2.29. The number of carboxylic acid groups (broad SMARTS) is 1. The number of hydrogen-bond donors (Lipinski definition) is 2. The molecule has 2 heterocycles. The predicted octanol–water partition coefficient (Wildman–Crippen LogP) is 4.21. The fourth-order valence-corrected chi connectivity index (χ4v) is 4.17. The van der Waals surface area contributed by atoms with Crippen molar-refractivity contribution in [3.8, 4) is 17.0 Å². The van der Waals surface area contributed by atoms with Crippen molar-refractivity contribution in [1.29, 1.82) is 0 Å². The number of aryl methyl sites for hydroxylation is 1. The third-order valence-electron chi connectivity index (χ3n) is 6.12. The molecule has 0 aliphatic heterocycles. The number of aliphatic carboxylic acids is 1. The van der Waals surface area contributed by atoms with E-state index < -0.39 is 30.3 Å². The number of ether oxygens (including phenoxy) is 2. The van der Waals surface area contributed by atoms with E-state index in [2.05, 4.69) is 15.4 Å². The van der Waals surface area contributed by atoms with Gasteiger partial charge in [-0.25, -0.2) is 13.6 Å². The van der Waals surface area contributed by atoms with Gasteiger partial charge in [0.25, 0.3) is 0 Å². The molecule has 0 bridgehead atoms. The Labute approximate surface area is 206 Å². The van der Waals surface area contributed by atoms with Crippen LogP contribution in [-0.2, 0) is 29.7 Å². The van der Waals surface area contributed by atoms with Crippen LogP contribution in [0.2, 0.25) is 0 Å². The molecule has 9 nitrogen and oxygen atoms in total. The van der Waals surface area contributed by atoms with Crippen molar-refractivity contribution in [2.24, 2.45) is 13.0 Å². The van der Waals surface area contributed by atoms with Gasteiger partial charge in [0.15, 0.2) is 0 Å². The van der Waals surface area contributed by atoms with Crippen LogP contribution in [0.5, 0.6) is 5.75 Å². The van der Waals surface area contributed by atoms with E-state index in [9.17, 15) is 23.5 Å². The van der Waals surface area contributed by atoms with Gasteiger partial charge in [0.2, 0.25) is 0 Å². The first-order valence-corrected chi connectivity index (χ1v) is 11.5. The normalized spacial score (nSPS) is 17.4. The molecule has 0 saturated heterocycles. The van der Waals surface area contributed by atoms with E-state index in [1.54, 1.807) is 36.3 Å². The van der Waals surface area contributed by atoms with Crippen LogP contribution < -0.4 is 10.1 Å². The highest BCUT2D eigenvalue weighted by molar-refractivity contribution is 5.70. The van der Waals surface area contributed by atoms with Crippen molar-refractivity contribution in [3.63, 3.8) is 0 Å². The number of nitrogens with one attached hydrogen (secondary N) is 1. The molecule has 1 aliphatic carbocycles. The van der Waals surface area contributed by atoms with Gasteiger partial charge in [-0.2, -0.15) is 5.10 Å². The monoisotopic (exact) mass is 500 g/mol. The van der Waals surface area contributed by atoms with Gasteiger partial charge >= 0.3 is 12.1 Å². The molecule has 0 radical (unpaired) electrons. The molecule has 1 saturated carbocycles. The molecule has 2 aromatic heterocycles. The largest absolute Gasteiger partial charge is 0.489 e. The smallest absolute Gasteiger partial charge is 0.407 e. The lowest BCUT2D eigenvalue weighted by atomic mass is 9.87. The summed E-state index contributed by atoms with van der Waals surface area (Å²) in [4.78, 5) is 27.8. The van der Waals surface area contributed by atoms with E-state index in [0.717, 1.165) is 31.0 Å². The molecular weight excluding hydrogens is 474 g/mol. The molecule has 1 amide bonds. The third kappa shape index (κ3) is 6.15. The highest BCUT2D eigenvalue weighted by atomic mass is 19.1. The van der Waals surface area contributed by atoms with Crippen molar-refractivity contribution in [2.45, 2.75) is 44.9 Å². The summed E-state index contributed by atoms with van der Waals surface area (Å²) in [6.45, 7) is -0.347. The van der Waals surface area contributed by atoms with E-state index >= 15 is 0 Å². The molecule has 1 aromatic carbocycles. The predicted molar refractivity (Wildman–Crippen MR) is 124 cm³/mol. The summed E-state index contributed by atoms with van der Waals surface area (Å²) in [5, 5.41) is 16.1. The number of rotatable bonds is 8. The zero-order valence-corrected chi connectivity index (χ0v) is 19.6. The number of hydrogen-bond acceptors (Lipinski definition) is 6. The van der Waals surface area contributed by atoms with Crippen LogP contribution in [0, 0.1) is 17.6 Å². The maximum Gasteiger partial charge on any atom is 0.407 e. The van der Waals surface area contributed by atoms with Crippen LogP contribution in [0.25, 0.3) is 11.3 Å². The zero-order chi connectivity index (χ0) is 25.7. The lowest BCUT2D eigenvalue weighted by molar-refractivity contribution is -0.143. The minimum Gasteiger partial charge on any atom is -0.489 e. The van der Waals surface area contributed by atoms with Gasteiger partial charge < -0.3 is 19.9 Å². The number of halogens is 2. The van der Waals surface area contributed by atoms with Crippen molar-refractivity contribution in [1.82, 2.24) is 20.1 Å². The van der Waals surface area contributed by atoms with Crippen LogP contribution in [0.15, 0.2) is 42.7 Å². The van der Waals surface area contributed by atoms with Gasteiger partial charge in [-0.3, -0.25) is 14.5 Å². The topological polar surface area (TPSA) is 116 Å². The summed E-state index contributed by atoms with van der Waals surface area (Å²) in [5.41, 5.74) is 1.88. The number of amides is 1. The van der Waals surface area contributed by atoms with Crippen molar-refractivity contribution < 1.29 is 33.0 Å². The number of alkyl carbamates (subject to hydrolysis) is 1. The van der Waals surface area contributed by atoms with Gasteiger partial charge in [-0.15, -0.1) is 0 Å². The molecule has 4 rings (SSSR count). The van der Waals surface area contributed by atoms with Crippen LogP contribution in [0.1, 0.15) is 36.9 Å². The molecule has 1 fully saturated rings. The minimum atomic E-state index is -0.797. The Morgan fingerprint density at radius 2 is 2.03 bits per heavy atom. The van der Waals surface area contributed by atoms with Crippen LogP contribution in [0.3, 0.4) is 0 Å². The second-order valence-electron chi connectivity index (χ2n) is 8.61. The molecule has 36 heavy (non-hydrogen) atoms. The van der Waals surface area contributed by atoms with E-state index in [-0.39, 0.29) is 24.1 Å². The number of nitrogens with zero attached hydrogens (tertiary/aromatic N) is 3. The first-order valence-electron chi connectivity index (χ1n) is 11.5. The number of carbonyl (C=O) groups excluding carboxylic acids is 1. The van der Waals surface area contributed by atoms with E-state index in [0.29, 0.717) is 35.5 Å². The first kappa shape index (κ1) is 25.1. The second kappa shape index (κ2) is 11.1. The summed E-state index contributed by atoms with van der Waals surface area (Å²) >= 11 is 0. The molecule has 190 valence electrons. The van der Waals surface area contributed by atoms with E-state index in [1.807, 2.05) is 0 Å². The Hall–Kier alpha value is -4.02. The SMILES string of the molecule is Cn1ncc(-c2ccc(O[C@H]3CCCC(C(=O)O)C3)cn2)c1CNC(=O)OCc1cc(F)ccc1F. The fourth-order valence-electron chi connectivity index (χ4n) is 4.17. The Balaban J connectivity index is 1.35. The van der Waals surface area contributed by atoms with E-state index in [1.165, 1.54) is 0 Å². The number of benzene rings is 1. The Kier molecular flexibility index (Phi) is 7.77. The molecule has 1 unspecified atom stereocenters. The average molecular weight is 501 g/mol. The van der Waals surface area contributed by atoms with Gasteiger partial charge in [-0.1, -0.05) is 0 Å². The summed E-state index contributed by atoms with van der Waals surface area (Å²) in [6, 6.07) is 6.45. The Morgan fingerprint density at radius 3 is 2.78 bits per heavy atom. The summed E-state index contributed by atoms with van der Waals surface area (Å²) in [7, 11) is 1.72. The quantitative estimate of drug-likeness (QED) is 0.476. The first-order chi connectivity index (χ1) is 17.3. The fraction of sp³-hybridized carbons (Fsp3) is 0.360. The average Bonchev–Trinajstić information content (AvgIpc) is 3.24. The van der Waals surface area contributed by atoms with Crippen LogP contribution >= 0.6 is 0 Å². The summed E-state index contributed by atoms with van der Waals surface area (Å²) in [5.74, 6) is -1.92. The summed E-state index contributed by atoms with van der Waals surface area (Å²) < 4.78 is 39.5. The summed E-state index contributed by atoms with van der Waals surface area (Å²) in [6.07, 6.45) is 4.96. The van der Waals surface area contributed by atoms with Crippen LogP contribution in [0.4, 0.5) is 13.6 Å². The van der Waals surface area contributed by atoms with Crippen molar-refractivity contribution >= 4 is 12.1 Å². The highest BCUT2D eigenvalue weighted by Gasteiger charge is 2.28. The van der Waals surface area contributed by atoms with Gasteiger partial charge in [0, 0.05) is 18.2 Å². The maximum absolute atomic E-state index is 13.7. The molecular formula is C25H26F2N4O5. The molecule has 3 aromatic rings. The molecule has 2 atom stereocenters. The van der Waals surface area contributed by atoms with Crippen molar-refractivity contribution in [3.05, 3.63) is 65.6 Å². The number of aromatic nitrogens is 3. The number of carbonyl (C=O) groups is 2. The standard InChI is InChI=1S/C25H26F2N4O5/c1-31-23(13-29-25(34)35-14-16-9-17(26)5-7-21(16)27)20(12-30-31)22-8-6-19(11-28-22)36-18-4-2-3-15(10-18)24(32)33/h5-9,11-12,15,18H,2-4,10,13-14H2,1H3,(H,29,34)(H,32,33)/t15?,18-/m0/s1. The number of carboxylic acids is 1. The molecule has 0 spiro atoms. The Morgan fingerprint density at radius 1 is 1.19 bits per heavy atom. The Bertz CT molecular complexity index is 1230. The van der Waals surface area contributed by atoms with Gasteiger partial charge in [0.05, 0.1) is 42.3 Å². The second-order valence-corrected chi connectivity index (χ2v) is 8.61. The van der Waals surface area contributed by atoms with Crippen molar-refractivity contribution in [2.75, 3.05) is 0 Å². The zero-order valence-electron chi connectivity index (χ0n) is 19.6. The molecule has 2 N–H and O–H groups in total. The minimum absolute atomic E-state index is 0.0644. The maximum atomic E-state index is 13.7. The molecule has 1 aliphatic rings. The van der Waals surface area contributed by atoms with Crippen LogP contribution in [-0.4, -0.2) is 38.0 Å². The van der Waals surface area contributed by atoms with Gasteiger partial charge in [-0.05, 0) is 56.0 Å². The third-order valence-corrected chi connectivity index (χ3v) is 6.12. The number of pyridine rings is 1. The lowest BCUT2D eigenvalue weighted by Crippen LogP contribution is -2.29. The van der Waals surface area contributed by atoms with Gasteiger partial charge in [0.1, 0.15) is 24.0 Å².